The Hall–Kier alpha value is -3.09. The van der Waals surface area contributed by atoms with Crippen LogP contribution < -0.4 is 0 Å². The van der Waals surface area contributed by atoms with Crippen LogP contribution in [0.4, 0.5) is 0 Å². The Bertz CT molecular complexity index is 1170. The molecule has 0 atom stereocenters. The van der Waals surface area contributed by atoms with Gasteiger partial charge in [0.25, 0.3) is 0 Å². The molecule has 0 bridgehead atoms. The Morgan fingerprint density at radius 1 is 0.906 bits per heavy atom. The third-order valence-corrected chi connectivity index (χ3v) is 6.39. The molecule has 2 heterocycles. The van der Waals surface area contributed by atoms with Crippen molar-refractivity contribution < 1.29 is 14.3 Å². The van der Waals surface area contributed by atoms with Gasteiger partial charge in [0, 0.05) is 42.9 Å². The highest BCUT2D eigenvalue weighted by Crippen LogP contribution is 2.32. The number of hydrogen-bond donors (Lipinski definition) is 0. The number of carbonyl (C=O) groups is 2. The number of ether oxygens (including phenoxy) is 1. The highest BCUT2D eigenvalue weighted by molar-refractivity contribution is 6.27. The lowest BCUT2D eigenvalue weighted by Gasteiger charge is -2.27. The van der Waals surface area contributed by atoms with Gasteiger partial charge in [0.1, 0.15) is 17.2 Å². The van der Waals surface area contributed by atoms with Gasteiger partial charge in [-0.25, -0.2) is 4.98 Å². The highest BCUT2D eigenvalue weighted by atomic mass is 16.5. The summed E-state index contributed by atoms with van der Waals surface area (Å²) in [4.78, 5) is 33.8. The van der Waals surface area contributed by atoms with Crippen molar-refractivity contribution in [3.05, 3.63) is 76.6 Å². The summed E-state index contributed by atoms with van der Waals surface area (Å²) in [6.45, 7) is 8.84. The van der Waals surface area contributed by atoms with Gasteiger partial charge >= 0.3 is 0 Å². The molecule has 1 fully saturated rings. The molecule has 2 aromatic carbocycles. The molecule has 1 aliphatic carbocycles. The van der Waals surface area contributed by atoms with E-state index in [0.29, 0.717) is 35.1 Å². The maximum atomic E-state index is 13.5. The molecule has 6 heteroatoms. The molecule has 6 nitrogen and oxygen atoms in total. The number of benzene rings is 2. The first-order valence-electron chi connectivity index (χ1n) is 11.2. The third-order valence-electron chi connectivity index (χ3n) is 6.39. The molecular formula is C26H27N3O3. The first kappa shape index (κ1) is 20.8. The van der Waals surface area contributed by atoms with E-state index in [4.69, 9.17) is 9.72 Å². The lowest BCUT2D eigenvalue weighted by Crippen LogP contribution is -2.38. The van der Waals surface area contributed by atoms with Gasteiger partial charge in [-0.15, -0.1) is 0 Å². The van der Waals surface area contributed by atoms with E-state index in [1.807, 2.05) is 16.7 Å². The van der Waals surface area contributed by atoms with Crippen LogP contribution in [0.1, 0.15) is 57.4 Å². The van der Waals surface area contributed by atoms with Crippen molar-refractivity contribution in [2.24, 2.45) is 0 Å². The number of fused-ring (bicyclic) bond motifs is 2. The maximum Gasteiger partial charge on any atom is 0.214 e. The van der Waals surface area contributed by atoms with Crippen molar-refractivity contribution >= 4 is 11.6 Å². The Morgan fingerprint density at radius 3 is 2.22 bits per heavy atom. The first-order chi connectivity index (χ1) is 15.5. The fourth-order valence-corrected chi connectivity index (χ4v) is 4.50. The quantitative estimate of drug-likeness (QED) is 0.483. The predicted octanol–water partition coefficient (Wildman–Crippen LogP) is 3.78. The van der Waals surface area contributed by atoms with Crippen LogP contribution in [0.3, 0.4) is 0 Å². The lowest BCUT2D eigenvalue weighted by atomic mass is 9.90. The molecule has 0 amide bonds. The summed E-state index contributed by atoms with van der Waals surface area (Å²) in [5.41, 5.74) is 3.72. The SMILES string of the molecule is CC(C)c1ccc(-c2nc3c(n2CCN2CCOCC2)C(=O)c2ccccc2C3=O)cc1. The minimum Gasteiger partial charge on any atom is -0.379 e. The van der Waals surface area contributed by atoms with Gasteiger partial charge in [0.2, 0.25) is 11.6 Å². The fraction of sp³-hybridized carbons (Fsp3) is 0.346. The van der Waals surface area contributed by atoms with E-state index in [0.717, 1.165) is 38.4 Å². The van der Waals surface area contributed by atoms with E-state index in [2.05, 4.69) is 30.9 Å². The Kier molecular flexibility index (Phi) is 5.49. The van der Waals surface area contributed by atoms with Crippen molar-refractivity contribution in [1.29, 1.82) is 0 Å². The fourth-order valence-electron chi connectivity index (χ4n) is 4.50. The zero-order valence-corrected chi connectivity index (χ0v) is 18.5. The number of nitrogens with zero attached hydrogens (tertiary/aromatic N) is 3. The molecule has 164 valence electrons. The van der Waals surface area contributed by atoms with Crippen LogP contribution in [-0.2, 0) is 11.3 Å². The van der Waals surface area contributed by atoms with Gasteiger partial charge < -0.3 is 9.30 Å². The average molecular weight is 430 g/mol. The van der Waals surface area contributed by atoms with E-state index in [1.54, 1.807) is 24.3 Å². The van der Waals surface area contributed by atoms with Crippen molar-refractivity contribution in [2.45, 2.75) is 26.3 Å². The number of imidazole rings is 1. The average Bonchev–Trinajstić information content (AvgIpc) is 3.22. The molecule has 0 N–H and O–H groups in total. The van der Waals surface area contributed by atoms with Crippen LogP contribution in [0.5, 0.6) is 0 Å². The summed E-state index contributed by atoms with van der Waals surface area (Å²) in [5, 5.41) is 0. The number of hydrogen-bond acceptors (Lipinski definition) is 5. The predicted molar refractivity (Wildman–Crippen MR) is 122 cm³/mol. The molecule has 1 aromatic heterocycles. The Balaban J connectivity index is 1.59. The van der Waals surface area contributed by atoms with Crippen LogP contribution in [0, 0.1) is 0 Å². The maximum absolute atomic E-state index is 13.5. The van der Waals surface area contributed by atoms with Crippen molar-refractivity contribution in [3.8, 4) is 11.4 Å². The Labute approximate surface area is 187 Å². The van der Waals surface area contributed by atoms with Gasteiger partial charge in [-0.2, -0.15) is 0 Å². The van der Waals surface area contributed by atoms with Crippen LogP contribution in [0.2, 0.25) is 0 Å². The summed E-state index contributed by atoms with van der Waals surface area (Å²) in [6, 6.07) is 15.3. The third kappa shape index (κ3) is 3.59. The molecule has 5 rings (SSSR count). The summed E-state index contributed by atoms with van der Waals surface area (Å²) in [7, 11) is 0. The lowest BCUT2D eigenvalue weighted by molar-refractivity contribution is 0.0363. The second kappa shape index (κ2) is 8.45. The van der Waals surface area contributed by atoms with Crippen molar-refractivity contribution in [2.75, 3.05) is 32.8 Å². The number of morpholine rings is 1. The molecular weight excluding hydrogens is 402 g/mol. The minimum atomic E-state index is -0.180. The molecule has 0 unspecified atom stereocenters. The van der Waals surface area contributed by atoms with Crippen molar-refractivity contribution in [1.82, 2.24) is 14.5 Å². The molecule has 0 radical (unpaired) electrons. The van der Waals surface area contributed by atoms with Gasteiger partial charge in [0.05, 0.1) is 13.2 Å². The number of ketones is 2. The zero-order valence-electron chi connectivity index (χ0n) is 18.5. The molecule has 0 saturated carbocycles. The van der Waals surface area contributed by atoms with Gasteiger partial charge in [-0.05, 0) is 11.5 Å². The summed E-state index contributed by atoms with van der Waals surface area (Å²) in [5.74, 6) is 0.791. The van der Waals surface area contributed by atoms with Crippen LogP contribution in [0.15, 0.2) is 48.5 Å². The molecule has 1 aliphatic heterocycles. The van der Waals surface area contributed by atoms with E-state index < -0.39 is 0 Å². The largest absolute Gasteiger partial charge is 0.379 e. The van der Waals surface area contributed by atoms with E-state index >= 15 is 0 Å². The highest BCUT2D eigenvalue weighted by Gasteiger charge is 2.36. The van der Waals surface area contributed by atoms with Gasteiger partial charge in [-0.1, -0.05) is 62.4 Å². The summed E-state index contributed by atoms with van der Waals surface area (Å²) >= 11 is 0. The number of aromatic nitrogens is 2. The van der Waals surface area contributed by atoms with Gasteiger partial charge in [0.15, 0.2) is 0 Å². The normalized spacial score (nSPS) is 16.3. The minimum absolute atomic E-state index is 0.130. The number of carbonyl (C=O) groups excluding carboxylic acids is 2. The molecule has 3 aromatic rings. The van der Waals surface area contributed by atoms with E-state index in [1.165, 1.54) is 5.56 Å². The second-order valence-electron chi connectivity index (χ2n) is 8.72. The smallest absolute Gasteiger partial charge is 0.214 e. The van der Waals surface area contributed by atoms with E-state index in [9.17, 15) is 9.59 Å². The monoisotopic (exact) mass is 429 g/mol. The zero-order chi connectivity index (χ0) is 22.2. The molecule has 2 aliphatic rings. The van der Waals surface area contributed by atoms with Crippen LogP contribution >= 0.6 is 0 Å². The second-order valence-corrected chi connectivity index (χ2v) is 8.72. The topological polar surface area (TPSA) is 64.4 Å². The van der Waals surface area contributed by atoms with Gasteiger partial charge in [-0.3, -0.25) is 14.5 Å². The van der Waals surface area contributed by atoms with E-state index in [-0.39, 0.29) is 17.3 Å². The standard InChI is InChI=1S/C26H27N3O3/c1-17(2)18-7-9-19(10-8-18)26-27-22-23(29(26)12-11-28-13-15-32-16-14-28)25(31)21-6-4-3-5-20(21)24(22)30/h3-10,17H,11-16H2,1-2H3. The summed E-state index contributed by atoms with van der Waals surface area (Å²) in [6.07, 6.45) is 0. The van der Waals surface area contributed by atoms with Crippen LogP contribution in [-0.4, -0.2) is 58.9 Å². The number of rotatable bonds is 5. The molecule has 1 saturated heterocycles. The summed E-state index contributed by atoms with van der Waals surface area (Å²) < 4.78 is 7.41. The first-order valence-corrected chi connectivity index (χ1v) is 11.2. The molecule has 32 heavy (non-hydrogen) atoms. The van der Waals surface area contributed by atoms with Crippen LogP contribution in [0.25, 0.3) is 11.4 Å². The molecule has 0 spiro atoms. The Morgan fingerprint density at radius 2 is 1.56 bits per heavy atom. The van der Waals surface area contributed by atoms with Crippen molar-refractivity contribution in [3.63, 3.8) is 0 Å².